The monoisotopic (exact) mass is 350 g/mol. The fraction of sp³-hybridized carbons (Fsp3) is 0.778. The Bertz CT molecular complexity index is 519. The molecule has 0 spiro atoms. The molecule has 0 unspecified atom stereocenters. The van der Waals surface area contributed by atoms with Crippen molar-refractivity contribution < 1.29 is 4.79 Å². The van der Waals surface area contributed by atoms with Crippen LogP contribution in [0.4, 0.5) is 0 Å². The molecule has 1 aliphatic carbocycles. The Morgan fingerprint density at radius 1 is 1.25 bits per heavy atom. The number of amides is 1. The van der Waals surface area contributed by atoms with Crippen LogP contribution in [-0.4, -0.2) is 51.8 Å². The quantitative estimate of drug-likeness (QED) is 0.633. The van der Waals surface area contributed by atoms with Crippen LogP contribution in [0.2, 0.25) is 0 Å². The Hall–Kier alpha value is -1.01. The number of likely N-dealkylation sites (tertiary alicyclic amines) is 1. The van der Waals surface area contributed by atoms with E-state index < -0.39 is 0 Å². The molecule has 6 heteroatoms. The molecule has 0 bridgehead atoms. The van der Waals surface area contributed by atoms with Crippen LogP contribution in [0.15, 0.2) is 17.6 Å². The van der Waals surface area contributed by atoms with E-state index in [9.17, 15) is 4.79 Å². The van der Waals surface area contributed by atoms with Crippen molar-refractivity contribution in [3.63, 3.8) is 0 Å². The van der Waals surface area contributed by atoms with Gasteiger partial charge in [0.2, 0.25) is 5.91 Å². The van der Waals surface area contributed by atoms with Gasteiger partial charge in [0.05, 0.1) is 0 Å². The number of thioether (sulfide) groups is 1. The Morgan fingerprint density at radius 3 is 2.67 bits per heavy atom. The average molecular weight is 351 g/mol. The van der Waals surface area contributed by atoms with Crippen molar-refractivity contribution in [2.45, 2.75) is 56.1 Å². The molecule has 1 N–H and O–H groups in total. The van der Waals surface area contributed by atoms with Crippen LogP contribution in [0.1, 0.15) is 44.9 Å². The van der Waals surface area contributed by atoms with E-state index in [2.05, 4.69) is 15.2 Å². The molecular weight excluding hydrogens is 320 g/mol. The Morgan fingerprint density at radius 2 is 2.00 bits per heavy atom. The van der Waals surface area contributed by atoms with Gasteiger partial charge in [-0.15, -0.1) is 0 Å². The lowest BCUT2D eigenvalue weighted by atomic mass is 9.90. The third-order valence-electron chi connectivity index (χ3n) is 5.40. The normalized spacial score (nSPS) is 21.0. The first-order chi connectivity index (χ1) is 11.7. The SMILES string of the molecule is Cn1ccnc1SCCNC(=O)C1CCN(C2CCCCC2)CC1. The summed E-state index contributed by atoms with van der Waals surface area (Å²) >= 11 is 1.69. The zero-order chi connectivity index (χ0) is 16.8. The van der Waals surface area contributed by atoms with Crippen LogP contribution in [0.5, 0.6) is 0 Å². The van der Waals surface area contributed by atoms with Gasteiger partial charge in [0, 0.05) is 43.7 Å². The highest BCUT2D eigenvalue weighted by atomic mass is 32.2. The van der Waals surface area contributed by atoms with Crippen LogP contribution >= 0.6 is 11.8 Å². The number of aryl methyl sites for hydroxylation is 1. The van der Waals surface area contributed by atoms with E-state index in [0.29, 0.717) is 0 Å². The molecule has 0 aromatic carbocycles. The zero-order valence-electron chi connectivity index (χ0n) is 14.7. The largest absolute Gasteiger partial charge is 0.355 e. The number of carbonyl (C=O) groups is 1. The molecule has 1 saturated heterocycles. The first kappa shape index (κ1) is 17.8. The number of carbonyl (C=O) groups excluding carboxylic acids is 1. The summed E-state index contributed by atoms with van der Waals surface area (Å²) in [5.74, 6) is 1.33. The predicted molar refractivity (Wildman–Crippen MR) is 98.1 cm³/mol. The molecule has 1 aromatic rings. The first-order valence-corrected chi connectivity index (χ1v) is 10.3. The second kappa shape index (κ2) is 8.90. The maximum atomic E-state index is 12.3. The predicted octanol–water partition coefficient (Wildman–Crippen LogP) is 2.67. The van der Waals surface area contributed by atoms with Gasteiger partial charge >= 0.3 is 0 Å². The molecule has 3 rings (SSSR count). The van der Waals surface area contributed by atoms with E-state index in [1.165, 1.54) is 32.1 Å². The minimum Gasteiger partial charge on any atom is -0.355 e. The van der Waals surface area contributed by atoms with Gasteiger partial charge in [-0.05, 0) is 38.8 Å². The number of imidazole rings is 1. The molecular formula is C18H30N4OS. The maximum absolute atomic E-state index is 12.3. The summed E-state index contributed by atoms with van der Waals surface area (Å²) in [7, 11) is 1.99. The number of rotatable bonds is 6. The summed E-state index contributed by atoms with van der Waals surface area (Å²) in [6.07, 6.45) is 12.7. The van der Waals surface area contributed by atoms with Crippen molar-refractivity contribution in [1.82, 2.24) is 19.8 Å². The minimum atomic E-state index is 0.211. The Labute approximate surface area is 149 Å². The lowest BCUT2D eigenvalue weighted by Gasteiger charge is -2.38. The molecule has 24 heavy (non-hydrogen) atoms. The van der Waals surface area contributed by atoms with Gasteiger partial charge in [-0.2, -0.15) is 0 Å². The molecule has 0 radical (unpaired) electrons. The lowest BCUT2D eigenvalue weighted by Crippen LogP contribution is -2.45. The number of nitrogens with one attached hydrogen (secondary N) is 1. The van der Waals surface area contributed by atoms with Crippen LogP contribution in [0.3, 0.4) is 0 Å². The van der Waals surface area contributed by atoms with Gasteiger partial charge < -0.3 is 14.8 Å². The number of hydrogen-bond acceptors (Lipinski definition) is 4. The summed E-state index contributed by atoms with van der Waals surface area (Å²) in [4.78, 5) is 19.3. The van der Waals surface area contributed by atoms with Crippen LogP contribution in [0.25, 0.3) is 0 Å². The highest BCUT2D eigenvalue weighted by molar-refractivity contribution is 7.99. The minimum absolute atomic E-state index is 0.211. The smallest absolute Gasteiger partial charge is 0.223 e. The van der Waals surface area contributed by atoms with Gasteiger partial charge in [-0.3, -0.25) is 4.79 Å². The summed E-state index contributed by atoms with van der Waals surface area (Å²) in [6.45, 7) is 2.93. The maximum Gasteiger partial charge on any atom is 0.223 e. The highest BCUT2D eigenvalue weighted by Crippen LogP contribution is 2.27. The third kappa shape index (κ3) is 4.76. The van der Waals surface area contributed by atoms with Gasteiger partial charge in [0.15, 0.2) is 5.16 Å². The molecule has 2 heterocycles. The Balaban J connectivity index is 1.32. The van der Waals surface area contributed by atoms with Crippen molar-refractivity contribution in [3.8, 4) is 0 Å². The molecule has 0 atom stereocenters. The van der Waals surface area contributed by atoms with E-state index in [4.69, 9.17) is 0 Å². The molecule has 1 amide bonds. The number of piperidine rings is 1. The zero-order valence-corrected chi connectivity index (χ0v) is 15.6. The summed E-state index contributed by atoms with van der Waals surface area (Å²) in [6, 6.07) is 0.789. The van der Waals surface area contributed by atoms with Gasteiger partial charge in [0.1, 0.15) is 0 Å². The van der Waals surface area contributed by atoms with E-state index in [1.54, 1.807) is 18.0 Å². The third-order valence-corrected chi connectivity index (χ3v) is 6.46. The number of nitrogens with zero attached hydrogens (tertiary/aromatic N) is 3. The topological polar surface area (TPSA) is 50.2 Å². The second-order valence-electron chi connectivity index (χ2n) is 7.06. The van der Waals surface area contributed by atoms with Crippen molar-refractivity contribution in [2.24, 2.45) is 13.0 Å². The second-order valence-corrected chi connectivity index (χ2v) is 8.12. The van der Waals surface area contributed by atoms with E-state index in [1.807, 2.05) is 17.8 Å². The van der Waals surface area contributed by atoms with Crippen LogP contribution in [0, 0.1) is 5.92 Å². The first-order valence-electron chi connectivity index (χ1n) is 9.36. The standard InChI is InChI=1S/C18H30N4OS/c1-21-13-9-20-18(21)24-14-10-19-17(23)15-7-11-22(12-8-15)16-5-3-2-4-6-16/h9,13,15-16H,2-8,10-12,14H2,1H3,(H,19,23). The molecule has 2 fully saturated rings. The average Bonchev–Trinajstić information content (AvgIpc) is 3.04. The molecule has 1 aliphatic heterocycles. The van der Waals surface area contributed by atoms with Crippen molar-refractivity contribution in [1.29, 1.82) is 0 Å². The summed E-state index contributed by atoms with van der Waals surface area (Å²) in [5.41, 5.74) is 0. The number of hydrogen-bond donors (Lipinski definition) is 1. The highest BCUT2D eigenvalue weighted by Gasteiger charge is 2.29. The van der Waals surface area contributed by atoms with E-state index >= 15 is 0 Å². The molecule has 5 nitrogen and oxygen atoms in total. The summed E-state index contributed by atoms with van der Waals surface area (Å²) in [5, 5.41) is 4.12. The molecule has 134 valence electrons. The Kier molecular flexibility index (Phi) is 6.60. The summed E-state index contributed by atoms with van der Waals surface area (Å²) < 4.78 is 2.01. The van der Waals surface area contributed by atoms with Gasteiger partial charge in [-0.1, -0.05) is 31.0 Å². The van der Waals surface area contributed by atoms with E-state index in [-0.39, 0.29) is 11.8 Å². The fourth-order valence-corrected chi connectivity index (χ4v) is 4.71. The van der Waals surface area contributed by atoms with Crippen molar-refractivity contribution in [3.05, 3.63) is 12.4 Å². The fourth-order valence-electron chi connectivity index (χ4n) is 3.92. The van der Waals surface area contributed by atoms with E-state index in [0.717, 1.165) is 49.4 Å². The molecule has 2 aliphatic rings. The van der Waals surface area contributed by atoms with Crippen molar-refractivity contribution in [2.75, 3.05) is 25.4 Å². The van der Waals surface area contributed by atoms with Gasteiger partial charge in [-0.25, -0.2) is 4.98 Å². The number of aromatic nitrogens is 2. The molecule has 1 aromatic heterocycles. The molecule has 1 saturated carbocycles. The van der Waals surface area contributed by atoms with Gasteiger partial charge in [0.25, 0.3) is 0 Å². The van der Waals surface area contributed by atoms with Crippen molar-refractivity contribution >= 4 is 17.7 Å². The lowest BCUT2D eigenvalue weighted by molar-refractivity contribution is -0.126. The van der Waals surface area contributed by atoms with Crippen LogP contribution < -0.4 is 5.32 Å². The van der Waals surface area contributed by atoms with Crippen LogP contribution in [-0.2, 0) is 11.8 Å².